The van der Waals surface area contributed by atoms with Crippen LogP contribution in [0.2, 0.25) is 0 Å². The number of hydrogen-bond donors (Lipinski definition) is 0. The Kier molecular flexibility index (Phi) is 2.75. The van der Waals surface area contributed by atoms with Gasteiger partial charge in [-0.2, -0.15) is 13.2 Å². The zero-order valence-electron chi connectivity index (χ0n) is 8.49. The summed E-state index contributed by atoms with van der Waals surface area (Å²) in [7, 11) is 0. The number of halogens is 3. The van der Waals surface area contributed by atoms with E-state index in [2.05, 4.69) is 0 Å². The van der Waals surface area contributed by atoms with Crippen LogP contribution in [0.4, 0.5) is 13.2 Å². The topological polar surface area (TPSA) is 30.2 Å². The number of benzene rings is 1. The summed E-state index contributed by atoms with van der Waals surface area (Å²) in [5, 5.41) is 0. The highest BCUT2D eigenvalue weighted by atomic mass is 19.4. The van der Waals surface area contributed by atoms with Gasteiger partial charge >= 0.3 is 6.18 Å². The van der Waals surface area contributed by atoms with Gasteiger partial charge in [0.05, 0.1) is 18.1 Å². The molecule has 17 heavy (non-hydrogen) atoms. The van der Waals surface area contributed by atoms with Crippen molar-refractivity contribution in [3.8, 4) is 11.1 Å². The average Bonchev–Trinajstić information content (AvgIpc) is 2.80. The van der Waals surface area contributed by atoms with E-state index in [0.29, 0.717) is 11.1 Å². The number of aldehydes is 1. The van der Waals surface area contributed by atoms with Gasteiger partial charge in [0.2, 0.25) is 0 Å². The second kappa shape index (κ2) is 4.08. The Morgan fingerprint density at radius 3 is 2.41 bits per heavy atom. The molecular weight excluding hydrogens is 233 g/mol. The Labute approximate surface area is 94.7 Å². The van der Waals surface area contributed by atoms with Gasteiger partial charge in [-0.25, -0.2) is 0 Å². The third kappa shape index (κ3) is 2.22. The van der Waals surface area contributed by atoms with Gasteiger partial charge in [-0.1, -0.05) is 12.1 Å². The molecule has 1 heterocycles. The maximum atomic E-state index is 12.7. The van der Waals surface area contributed by atoms with E-state index in [1.54, 1.807) is 6.07 Å². The van der Waals surface area contributed by atoms with E-state index in [9.17, 15) is 18.0 Å². The van der Waals surface area contributed by atoms with Crippen molar-refractivity contribution in [1.82, 2.24) is 0 Å². The van der Waals surface area contributed by atoms with E-state index in [1.807, 2.05) is 0 Å². The summed E-state index contributed by atoms with van der Waals surface area (Å²) in [6, 6.07) is 5.09. The molecule has 1 aromatic heterocycles. The Balaban J connectivity index is 2.57. The van der Waals surface area contributed by atoms with Crippen LogP contribution < -0.4 is 0 Å². The van der Waals surface area contributed by atoms with Crippen molar-refractivity contribution in [2.24, 2.45) is 0 Å². The molecule has 0 unspecified atom stereocenters. The minimum Gasteiger partial charge on any atom is -0.472 e. The first-order chi connectivity index (χ1) is 8.02. The van der Waals surface area contributed by atoms with E-state index in [0.717, 1.165) is 12.1 Å². The summed E-state index contributed by atoms with van der Waals surface area (Å²) < 4.78 is 42.8. The first-order valence-electron chi connectivity index (χ1n) is 4.71. The molecule has 0 saturated carbocycles. The Bertz CT molecular complexity index is 527. The lowest BCUT2D eigenvalue weighted by Gasteiger charge is -2.10. The third-order valence-corrected chi connectivity index (χ3v) is 2.34. The quantitative estimate of drug-likeness (QED) is 0.748. The van der Waals surface area contributed by atoms with E-state index in [1.165, 1.54) is 18.6 Å². The minimum atomic E-state index is -4.55. The number of rotatable bonds is 2. The van der Waals surface area contributed by atoms with Crippen molar-refractivity contribution in [2.75, 3.05) is 0 Å². The van der Waals surface area contributed by atoms with Crippen molar-refractivity contribution in [2.45, 2.75) is 6.18 Å². The van der Waals surface area contributed by atoms with Gasteiger partial charge in [0, 0.05) is 11.1 Å². The molecule has 88 valence electrons. The first kappa shape index (κ1) is 11.4. The van der Waals surface area contributed by atoms with Gasteiger partial charge in [0.1, 0.15) is 0 Å². The van der Waals surface area contributed by atoms with Crippen LogP contribution in [-0.2, 0) is 6.18 Å². The first-order valence-corrected chi connectivity index (χ1v) is 4.71. The fraction of sp³-hybridized carbons (Fsp3) is 0.0833. The third-order valence-electron chi connectivity index (χ3n) is 2.34. The second-order valence-electron chi connectivity index (χ2n) is 3.43. The van der Waals surface area contributed by atoms with Crippen molar-refractivity contribution >= 4 is 6.29 Å². The lowest BCUT2D eigenvalue weighted by atomic mass is 10.0. The van der Waals surface area contributed by atoms with Gasteiger partial charge in [-0.15, -0.1) is 0 Å². The predicted octanol–water partition coefficient (Wildman–Crippen LogP) is 3.78. The molecule has 0 amide bonds. The number of carbonyl (C=O) groups excluding carboxylic acids is 1. The van der Waals surface area contributed by atoms with Crippen molar-refractivity contribution in [3.63, 3.8) is 0 Å². The van der Waals surface area contributed by atoms with Crippen LogP contribution >= 0.6 is 0 Å². The molecule has 0 N–H and O–H groups in total. The highest BCUT2D eigenvalue weighted by Gasteiger charge is 2.33. The van der Waals surface area contributed by atoms with Crippen LogP contribution in [0.5, 0.6) is 0 Å². The summed E-state index contributed by atoms with van der Waals surface area (Å²) >= 11 is 0. The van der Waals surface area contributed by atoms with Gasteiger partial charge in [-0.3, -0.25) is 4.79 Å². The van der Waals surface area contributed by atoms with Crippen LogP contribution in [0.15, 0.2) is 41.2 Å². The lowest BCUT2D eigenvalue weighted by molar-refractivity contribution is -0.137. The second-order valence-corrected chi connectivity index (χ2v) is 3.43. The predicted molar refractivity (Wildman–Crippen MR) is 54.5 cm³/mol. The molecule has 0 atom stereocenters. The number of furan rings is 1. The van der Waals surface area contributed by atoms with Crippen LogP contribution in [0, 0.1) is 0 Å². The number of alkyl halides is 3. The van der Waals surface area contributed by atoms with Gasteiger partial charge in [0.15, 0.2) is 6.29 Å². The minimum absolute atomic E-state index is 0.196. The summed E-state index contributed by atoms with van der Waals surface area (Å²) in [4.78, 5) is 10.6. The zero-order chi connectivity index (χ0) is 12.5. The monoisotopic (exact) mass is 240 g/mol. The van der Waals surface area contributed by atoms with Crippen molar-refractivity contribution < 1.29 is 22.4 Å². The molecule has 0 saturated heterocycles. The summed E-state index contributed by atoms with van der Waals surface area (Å²) in [5.74, 6) is 0. The summed E-state index contributed by atoms with van der Waals surface area (Å²) in [6.45, 7) is 0. The molecule has 1 aromatic carbocycles. The van der Waals surface area contributed by atoms with Crippen LogP contribution in [-0.4, -0.2) is 6.29 Å². The summed E-state index contributed by atoms with van der Waals surface area (Å²) in [5.41, 5.74) is -0.416. The van der Waals surface area contributed by atoms with E-state index >= 15 is 0 Å². The highest BCUT2D eigenvalue weighted by molar-refractivity contribution is 5.80. The molecule has 0 bridgehead atoms. The molecule has 0 aliphatic rings. The fourth-order valence-electron chi connectivity index (χ4n) is 1.51. The molecule has 0 radical (unpaired) electrons. The number of hydrogen-bond acceptors (Lipinski definition) is 2. The fourth-order valence-corrected chi connectivity index (χ4v) is 1.51. The zero-order valence-corrected chi connectivity index (χ0v) is 8.49. The Hall–Kier alpha value is -2.04. The molecule has 0 aliphatic heterocycles. The van der Waals surface area contributed by atoms with Crippen LogP contribution in [0.1, 0.15) is 15.9 Å². The molecule has 5 heteroatoms. The lowest BCUT2D eigenvalue weighted by Crippen LogP contribution is -2.08. The maximum Gasteiger partial charge on any atom is 0.417 e. The smallest absolute Gasteiger partial charge is 0.417 e. The standard InChI is InChI=1S/C12H7F3O2/c13-12(14,15)11-5-8(1-2-9(11)6-16)10-3-4-17-7-10/h1-7H. The van der Waals surface area contributed by atoms with Crippen molar-refractivity contribution in [3.05, 3.63) is 47.9 Å². The average molecular weight is 240 g/mol. The van der Waals surface area contributed by atoms with Gasteiger partial charge < -0.3 is 4.42 Å². The molecular formula is C12H7F3O2. The molecule has 2 nitrogen and oxygen atoms in total. The Morgan fingerprint density at radius 2 is 1.88 bits per heavy atom. The molecule has 2 aromatic rings. The normalized spacial score (nSPS) is 11.5. The SMILES string of the molecule is O=Cc1ccc(-c2ccoc2)cc1C(F)(F)F. The maximum absolute atomic E-state index is 12.7. The molecule has 0 spiro atoms. The highest BCUT2D eigenvalue weighted by Crippen LogP contribution is 2.34. The van der Waals surface area contributed by atoms with E-state index in [-0.39, 0.29) is 11.8 Å². The summed E-state index contributed by atoms with van der Waals surface area (Å²) in [6.07, 6.45) is -1.63. The van der Waals surface area contributed by atoms with E-state index < -0.39 is 11.7 Å². The molecule has 0 aliphatic carbocycles. The van der Waals surface area contributed by atoms with Gasteiger partial charge in [-0.05, 0) is 17.7 Å². The number of carbonyl (C=O) groups is 1. The molecule has 0 fully saturated rings. The van der Waals surface area contributed by atoms with Crippen LogP contribution in [0.3, 0.4) is 0 Å². The van der Waals surface area contributed by atoms with Crippen molar-refractivity contribution in [1.29, 1.82) is 0 Å². The largest absolute Gasteiger partial charge is 0.472 e. The van der Waals surface area contributed by atoms with E-state index in [4.69, 9.17) is 4.42 Å². The van der Waals surface area contributed by atoms with Crippen LogP contribution in [0.25, 0.3) is 11.1 Å². The molecule has 2 rings (SSSR count). The van der Waals surface area contributed by atoms with Gasteiger partial charge in [0.25, 0.3) is 0 Å². The Morgan fingerprint density at radius 1 is 1.12 bits per heavy atom.